The van der Waals surface area contributed by atoms with Crippen LogP contribution in [0.3, 0.4) is 0 Å². The van der Waals surface area contributed by atoms with Gasteiger partial charge in [-0.05, 0) is 43.3 Å². The molecule has 0 atom stereocenters. The van der Waals surface area contributed by atoms with Crippen LogP contribution in [0.1, 0.15) is 15.9 Å². The van der Waals surface area contributed by atoms with Gasteiger partial charge in [-0.2, -0.15) is 0 Å². The topological polar surface area (TPSA) is 54.0 Å². The van der Waals surface area contributed by atoms with Gasteiger partial charge >= 0.3 is 0 Å². The van der Waals surface area contributed by atoms with Crippen LogP contribution in [0, 0.1) is 6.92 Å². The number of hydrogen-bond donors (Lipinski definition) is 2. The van der Waals surface area contributed by atoms with E-state index >= 15 is 0 Å². The van der Waals surface area contributed by atoms with Crippen LogP contribution in [0.4, 0.5) is 17.2 Å². The minimum Gasteiger partial charge on any atom is -0.353 e. The normalized spacial score (nSPS) is 10.2. The van der Waals surface area contributed by atoms with Crippen LogP contribution >= 0.6 is 11.6 Å². The number of anilines is 3. The van der Waals surface area contributed by atoms with Gasteiger partial charge in [-0.25, -0.2) is 4.98 Å². The molecular weight excluding hydrogens is 322 g/mol. The van der Waals surface area contributed by atoms with Gasteiger partial charge in [0, 0.05) is 5.56 Å². The number of carbonyl (C=O) groups is 1. The summed E-state index contributed by atoms with van der Waals surface area (Å²) in [6.45, 7) is 1.98. The summed E-state index contributed by atoms with van der Waals surface area (Å²) in [6, 6.07) is 18.4. The Balaban J connectivity index is 1.67. The molecule has 1 aromatic heterocycles. The molecule has 0 fully saturated rings. The molecule has 0 unspecified atom stereocenters. The predicted octanol–water partition coefficient (Wildman–Crippen LogP) is 5.04. The Hall–Kier alpha value is -2.85. The lowest BCUT2D eigenvalue weighted by Crippen LogP contribution is -2.12. The van der Waals surface area contributed by atoms with E-state index in [1.165, 1.54) is 0 Å². The molecule has 5 heteroatoms. The first kappa shape index (κ1) is 16.0. The molecule has 120 valence electrons. The van der Waals surface area contributed by atoms with Crippen LogP contribution in [-0.4, -0.2) is 10.9 Å². The Labute approximate surface area is 145 Å². The highest BCUT2D eigenvalue weighted by Crippen LogP contribution is 2.24. The zero-order chi connectivity index (χ0) is 16.9. The molecule has 1 heterocycles. The summed E-state index contributed by atoms with van der Waals surface area (Å²) in [5.74, 6) is 0.305. The number of pyridine rings is 1. The molecule has 24 heavy (non-hydrogen) atoms. The standard InChI is InChI=1S/C19H16ClN3O/c1-13-6-8-14(9-7-13)19(24)23-18-11-10-15(12-21-18)22-17-5-3-2-4-16(17)20/h2-12,22H,1H3,(H,21,23,24). The number of hydrogen-bond acceptors (Lipinski definition) is 3. The molecule has 0 saturated carbocycles. The lowest BCUT2D eigenvalue weighted by Gasteiger charge is -2.09. The Morgan fingerprint density at radius 2 is 1.75 bits per heavy atom. The molecule has 0 aliphatic carbocycles. The highest BCUT2D eigenvalue weighted by molar-refractivity contribution is 6.33. The number of aromatic nitrogens is 1. The van der Waals surface area contributed by atoms with Crippen LogP contribution in [-0.2, 0) is 0 Å². The van der Waals surface area contributed by atoms with E-state index in [0.717, 1.165) is 16.9 Å². The number of nitrogens with zero attached hydrogens (tertiary/aromatic N) is 1. The molecule has 3 aromatic rings. The summed E-state index contributed by atoms with van der Waals surface area (Å²) in [6.07, 6.45) is 1.65. The molecule has 1 amide bonds. The maximum Gasteiger partial charge on any atom is 0.256 e. The van der Waals surface area contributed by atoms with E-state index in [0.29, 0.717) is 16.4 Å². The first-order valence-corrected chi connectivity index (χ1v) is 7.85. The van der Waals surface area contributed by atoms with Crippen LogP contribution in [0.25, 0.3) is 0 Å². The number of halogens is 1. The maximum atomic E-state index is 12.2. The first-order chi connectivity index (χ1) is 11.6. The van der Waals surface area contributed by atoms with Crippen LogP contribution in [0.15, 0.2) is 66.9 Å². The van der Waals surface area contributed by atoms with Crippen LogP contribution < -0.4 is 10.6 Å². The minimum absolute atomic E-state index is 0.186. The number of para-hydroxylation sites is 1. The highest BCUT2D eigenvalue weighted by atomic mass is 35.5. The molecule has 4 nitrogen and oxygen atoms in total. The van der Waals surface area contributed by atoms with Crippen molar-refractivity contribution in [2.24, 2.45) is 0 Å². The average Bonchev–Trinajstić information content (AvgIpc) is 2.59. The fourth-order valence-electron chi connectivity index (χ4n) is 2.15. The Morgan fingerprint density at radius 1 is 1.00 bits per heavy atom. The molecular formula is C19H16ClN3O. The number of carbonyl (C=O) groups excluding carboxylic acids is 1. The SMILES string of the molecule is Cc1ccc(C(=O)Nc2ccc(Nc3ccccc3Cl)cn2)cc1. The van der Waals surface area contributed by atoms with Gasteiger partial charge in [0.25, 0.3) is 5.91 Å². The summed E-state index contributed by atoms with van der Waals surface area (Å²) in [7, 11) is 0. The largest absolute Gasteiger partial charge is 0.353 e. The first-order valence-electron chi connectivity index (χ1n) is 7.47. The molecule has 0 aliphatic heterocycles. The van der Waals surface area contributed by atoms with Gasteiger partial charge in [0.1, 0.15) is 5.82 Å². The molecule has 0 bridgehead atoms. The Bertz CT molecular complexity index is 845. The van der Waals surface area contributed by atoms with Crippen molar-refractivity contribution in [1.82, 2.24) is 4.98 Å². The maximum absolute atomic E-state index is 12.2. The highest BCUT2D eigenvalue weighted by Gasteiger charge is 2.06. The zero-order valence-corrected chi connectivity index (χ0v) is 13.8. The third-order valence-corrected chi connectivity index (χ3v) is 3.80. The van der Waals surface area contributed by atoms with E-state index in [9.17, 15) is 4.79 Å². The molecule has 0 saturated heterocycles. The smallest absolute Gasteiger partial charge is 0.256 e. The van der Waals surface area contributed by atoms with E-state index < -0.39 is 0 Å². The van der Waals surface area contributed by atoms with E-state index in [1.54, 1.807) is 24.4 Å². The number of benzene rings is 2. The molecule has 0 spiro atoms. The molecule has 0 radical (unpaired) electrons. The summed E-state index contributed by atoms with van der Waals surface area (Å²) in [5, 5.41) is 6.59. The van der Waals surface area contributed by atoms with E-state index in [1.807, 2.05) is 49.4 Å². The summed E-state index contributed by atoms with van der Waals surface area (Å²) in [5.41, 5.74) is 3.30. The van der Waals surface area contributed by atoms with Gasteiger partial charge in [-0.3, -0.25) is 4.79 Å². The fourth-order valence-corrected chi connectivity index (χ4v) is 2.34. The Morgan fingerprint density at radius 3 is 2.42 bits per heavy atom. The van der Waals surface area contributed by atoms with Crippen LogP contribution in [0.2, 0.25) is 5.02 Å². The lowest BCUT2D eigenvalue weighted by molar-refractivity contribution is 0.102. The van der Waals surface area contributed by atoms with Gasteiger partial charge in [0.05, 0.1) is 22.6 Å². The summed E-state index contributed by atoms with van der Waals surface area (Å²) < 4.78 is 0. The van der Waals surface area contributed by atoms with Gasteiger partial charge in [-0.1, -0.05) is 41.4 Å². The van der Waals surface area contributed by atoms with Crippen molar-refractivity contribution >= 4 is 34.7 Å². The van der Waals surface area contributed by atoms with Crippen molar-refractivity contribution in [3.63, 3.8) is 0 Å². The van der Waals surface area contributed by atoms with Gasteiger partial charge in [0.2, 0.25) is 0 Å². The van der Waals surface area contributed by atoms with Gasteiger partial charge in [0.15, 0.2) is 0 Å². The molecule has 2 N–H and O–H groups in total. The number of aryl methyl sites for hydroxylation is 1. The van der Waals surface area contributed by atoms with Crippen molar-refractivity contribution in [1.29, 1.82) is 0 Å². The second-order valence-electron chi connectivity index (χ2n) is 5.36. The summed E-state index contributed by atoms with van der Waals surface area (Å²) in [4.78, 5) is 16.4. The Kier molecular flexibility index (Phi) is 4.77. The third-order valence-electron chi connectivity index (χ3n) is 3.47. The van der Waals surface area contributed by atoms with E-state index in [2.05, 4.69) is 15.6 Å². The average molecular weight is 338 g/mol. The minimum atomic E-state index is -0.186. The van der Waals surface area contributed by atoms with Crippen molar-refractivity contribution < 1.29 is 4.79 Å². The second kappa shape index (κ2) is 7.15. The number of nitrogens with one attached hydrogen (secondary N) is 2. The van der Waals surface area contributed by atoms with Gasteiger partial charge in [-0.15, -0.1) is 0 Å². The van der Waals surface area contributed by atoms with E-state index in [4.69, 9.17) is 11.6 Å². The number of rotatable bonds is 4. The zero-order valence-electron chi connectivity index (χ0n) is 13.1. The molecule has 3 rings (SSSR count). The van der Waals surface area contributed by atoms with Crippen molar-refractivity contribution in [3.8, 4) is 0 Å². The molecule has 2 aromatic carbocycles. The number of amides is 1. The van der Waals surface area contributed by atoms with Crippen molar-refractivity contribution in [3.05, 3.63) is 83.0 Å². The fraction of sp³-hybridized carbons (Fsp3) is 0.0526. The van der Waals surface area contributed by atoms with Crippen molar-refractivity contribution in [2.45, 2.75) is 6.92 Å². The van der Waals surface area contributed by atoms with E-state index in [-0.39, 0.29) is 5.91 Å². The second-order valence-corrected chi connectivity index (χ2v) is 5.76. The monoisotopic (exact) mass is 337 g/mol. The quantitative estimate of drug-likeness (QED) is 0.701. The third kappa shape index (κ3) is 3.91. The summed E-state index contributed by atoms with van der Waals surface area (Å²) >= 11 is 6.11. The lowest BCUT2D eigenvalue weighted by atomic mass is 10.1. The molecule has 0 aliphatic rings. The van der Waals surface area contributed by atoms with Gasteiger partial charge < -0.3 is 10.6 Å². The van der Waals surface area contributed by atoms with Crippen molar-refractivity contribution in [2.75, 3.05) is 10.6 Å². The predicted molar refractivity (Wildman–Crippen MR) is 98.1 cm³/mol. The van der Waals surface area contributed by atoms with Crippen LogP contribution in [0.5, 0.6) is 0 Å².